The zero-order valence-electron chi connectivity index (χ0n) is 14.9. The fourth-order valence-corrected chi connectivity index (χ4v) is 3.05. The first-order valence-corrected chi connectivity index (χ1v) is 8.47. The van der Waals surface area contributed by atoms with Gasteiger partial charge in [-0.05, 0) is 55.3 Å². The summed E-state index contributed by atoms with van der Waals surface area (Å²) in [6.07, 6.45) is 1.000. The second kappa shape index (κ2) is 8.87. The molecule has 0 saturated carbocycles. The van der Waals surface area contributed by atoms with E-state index in [0.717, 1.165) is 16.6 Å². The molecular weight excluding hydrogens is 406 g/mol. The number of hydrogen-bond acceptors (Lipinski definition) is 4. The molecule has 4 rings (SSSR count). The fourth-order valence-electron chi connectivity index (χ4n) is 3.05. The number of aromatic amines is 1. The molecule has 1 fully saturated rings. The number of hydrogen-bond donors (Lipinski definition) is 3. The molecule has 3 aromatic rings. The Labute approximate surface area is 173 Å². The molecule has 2 heterocycles. The van der Waals surface area contributed by atoms with E-state index < -0.39 is 5.54 Å². The third kappa shape index (κ3) is 4.44. The van der Waals surface area contributed by atoms with Gasteiger partial charge in [0.15, 0.2) is 0 Å². The number of nitrogens with one attached hydrogen (secondary N) is 2. The van der Waals surface area contributed by atoms with Gasteiger partial charge in [0.25, 0.3) is 0 Å². The molecule has 150 valence electrons. The van der Waals surface area contributed by atoms with Gasteiger partial charge in [-0.1, -0.05) is 0 Å². The van der Waals surface area contributed by atoms with Crippen LogP contribution in [0.4, 0.5) is 10.1 Å². The van der Waals surface area contributed by atoms with Crippen LogP contribution in [0.2, 0.25) is 0 Å². The molecule has 2 aromatic carbocycles. The Kier molecular flexibility index (Phi) is 7.01. The number of fused-ring (bicyclic) bond motifs is 1. The lowest BCUT2D eigenvalue weighted by atomic mass is 9.90. The number of amides is 1. The van der Waals surface area contributed by atoms with Crippen LogP contribution in [-0.4, -0.2) is 34.6 Å². The van der Waals surface area contributed by atoms with E-state index >= 15 is 0 Å². The third-order valence-corrected chi connectivity index (χ3v) is 4.69. The van der Waals surface area contributed by atoms with Gasteiger partial charge >= 0.3 is 0 Å². The maximum atomic E-state index is 13.1. The molecule has 0 bridgehead atoms. The predicted octanol–water partition coefficient (Wildman–Crippen LogP) is 3.66. The summed E-state index contributed by atoms with van der Waals surface area (Å²) >= 11 is 0. The average molecular weight is 427 g/mol. The normalized spacial score (nSPS) is 15.4. The number of H-pyrrole nitrogens is 1. The molecule has 0 atom stereocenters. The van der Waals surface area contributed by atoms with Crippen LogP contribution < -0.4 is 11.1 Å². The summed E-state index contributed by atoms with van der Waals surface area (Å²) in [5.41, 5.74) is 8.28. The first-order chi connectivity index (χ1) is 12.5. The number of aromatic nitrogens is 2. The van der Waals surface area contributed by atoms with E-state index in [1.165, 1.54) is 12.1 Å². The minimum Gasteiger partial charge on any atom is -0.381 e. The smallest absolute Gasteiger partial charge is 0.244 e. The fraction of sp³-hybridized carbons (Fsp3) is 0.263. The summed E-state index contributed by atoms with van der Waals surface area (Å²) in [6.45, 7) is 0.981. The highest BCUT2D eigenvalue weighted by Crippen LogP contribution is 2.25. The number of anilines is 1. The molecule has 0 unspecified atom stereocenters. The highest BCUT2D eigenvalue weighted by molar-refractivity contribution is 5.99. The maximum absolute atomic E-state index is 13.1. The van der Waals surface area contributed by atoms with Crippen molar-refractivity contribution in [2.24, 2.45) is 5.73 Å². The molecule has 6 nitrogen and oxygen atoms in total. The van der Waals surface area contributed by atoms with E-state index in [2.05, 4.69) is 15.3 Å². The molecule has 0 radical (unpaired) electrons. The van der Waals surface area contributed by atoms with Crippen molar-refractivity contribution < 1.29 is 13.9 Å². The highest BCUT2D eigenvalue weighted by Gasteiger charge is 2.35. The molecule has 1 aromatic heterocycles. The molecule has 0 spiro atoms. The van der Waals surface area contributed by atoms with Crippen molar-refractivity contribution in [3.63, 3.8) is 0 Å². The van der Waals surface area contributed by atoms with Crippen LogP contribution in [0.5, 0.6) is 0 Å². The van der Waals surface area contributed by atoms with Crippen LogP contribution in [-0.2, 0) is 9.53 Å². The lowest BCUT2D eigenvalue weighted by molar-refractivity contribution is -0.124. The second-order valence-corrected chi connectivity index (χ2v) is 6.55. The Hall–Kier alpha value is -2.19. The minimum absolute atomic E-state index is 0. The topological polar surface area (TPSA) is 93.0 Å². The molecule has 28 heavy (non-hydrogen) atoms. The van der Waals surface area contributed by atoms with Crippen molar-refractivity contribution in [1.29, 1.82) is 0 Å². The molecular formula is C19H21Cl2FN4O2. The van der Waals surface area contributed by atoms with Crippen LogP contribution in [0.15, 0.2) is 42.5 Å². The largest absolute Gasteiger partial charge is 0.381 e. The zero-order chi connectivity index (χ0) is 18.1. The summed E-state index contributed by atoms with van der Waals surface area (Å²) in [5.74, 6) is 0.139. The highest BCUT2D eigenvalue weighted by atomic mass is 35.5. The number of nitrogens with two attached hydrogens (primary N) is 1. The van der Waals surface area contributed by atoms with Crippen molar-refractivity contribution in [3.05, 3.63) is 48.3 Å². The van der Waals surface area contributed by atoms with Gasteiger partial charge in [-0.2, -0.15) is 0 Å². The first kappa shape index (κ1) is 22.1. The predicted molar refractivity (Wildman–Crippen MR) is 112 cm³/mol. The number of carbonyl (C=O) groups is 1. The lowest BCUT2D eigenvalue weighted by Crippen LogP contribution is -2.54. The summed E-state index contributed by atoms with van der Waals surface area (Å²) in [5, 5.41) is 2.88. The number of ether oxygens (including phenoxy) is 1. The Morgan fingerprint density at radius 2 is 1.82 bits per heavy atom. The molecule has 0 aliphatic carbocycles. The molecule has 1 aliphatic rings. The number of nitrogens with zero attached hydrogens (tertiary/aromatic N) is 1. The van der Waals surface area contributed by atoms with Crippen LogP contribution in [0, 0.1) is 5.82 Å². The maximum Gasteiger partial charge on any atom is 0.244 e. The zero-order valence-corrected chi connectivity index (χ0v) is 16.5. The average Bonchev–Trinajstić information content (AvgIpc) is 3.06. The number of rotatable bonds is 3. The number of halogens is 3. The van der Waals surface area contributed by atoms with E-state index in [4.69, 9.17) is 10.5 Å². The number of imidazole rings is 1. The van der Waals surface area contributed by atoms with Gasteiger partial charge in [-0.25, -0.2) is 9.37 Å². The lowest BCUT2D eigenvalue weighted by Gasteiger charge is -2.31. The van der Waals surface area contributed by atoms with E-state index in [1.54, 1.807) is 18.2 Å². The van der Waals surface area contributed by atoms with Gasteiger partial charge in [-0.15, -0.1) is 24.8 Å². The number of benzene rings is 2. The van der Waals surface area contributed by atoms with E-state index in [9.17, 15) is 9.18 Å². The molecule has 9 heteroatoms. The van der Waals surface area contributed by atoms with Crippen LogP contribution in [0.1, 0.15) is 12.8 Å². The van der Waals surface area contributed by atoms with Crippen molar-refractivity contribution in [2.45, 2.75) is 18.4 Å². The van der Waals surface area contributed by atoms with E-state index in [1.807, 2.05) is 12.1 Å². The molecule has 1 aliphatic heterocycles. The Balaban J connectivity index is 0.00000140. The Bertz CT molecular complexity index is 956. The molecule has 4 N–H and O–H groups in total. The standard InChI is InChI=1S/C19H19FN4O2.2ClH/c20-13-3-1-12(2-4-13)17-23-15-6-5-14(11-16(15)24-17)22-18(25)19(21)7-9-26-10-8-19;;/h1-6,11H,7-10,21H2,(H,22,25)(H,23,24);2*1H. The van der Waals surface area contributed by atoms with Crippen LogP contribution in [0.3, 0.4) is 0 Å². The van der Waals surface area contributed by atoms with Crippen molar-refractivity contribution in [2.75, 3.05) is 18.5 Å². The third-order valence-electron chi connectivity index (χ3n) is 4.69. The summed E-state index contributed by atoms with van der Waals surface area (Å²) in [4.78, 5) is 20.2. The van der Waals surface area contributed by atoms with Crippen molar-refractivity contribution in [3.8, 4) is 11.4 Å². The second-order valence-electron chi connectivity index (χ2n) is 6.55. The summed E-state index contributed by atoms with van der Waals surface area (Å²) in [6, 6.07) is 11.5. The van der Waals surface area contributed by atoms with E-state index in [0.29, 0.717) is 37.6 Å². The molecule has 1 amide bonds. The Morgan fingerprint density at radius 3 is 2.50 bits per heavy atom. The van der Waals surface area contributed by atoms with Gasteiger partial charge in [0.05, 0.1) is 11.0 Å². The van der Waals surface area contributed by atoms with Crippen LogP contribution >= 0.6 is 24.8 Å². The van der Waals surface area contributed by atoms with Gasteiger partial charge in [0.2, 0.25) is 5.91 Å². The van der Waals surface area contributed by atoms with Crippen molar-refractivity contribution in [1.82, 2.24) is 9.97 Å². The summed E-state index contributed by atoms with van der Waals surface area (Å²) in [7, 11) is 0. The monoisotopic (exact) mass is 426 g/mol. The SMILES string of the molecule is Cl.Cl.NC1(C(=O)Nc2ccc3nc(-c4ccc(F)cc4)[nH]c3c2)CCOCC1. The molecule has 1 saturated heterocycles. The quantitative estimate of drug-likeness (QED) is 0.595. The van der Waals surface area contributed by atoms with Crippen molar-refractivity contribution >= 4 is 47.4 Å². The minimum atomic E-state index is -0.902. The van der Waals surface area contributed by atoms with E-state index in [-0.39, 0.29) is 36.5 Å². The Morgan fingerprint density at radius 1 is 1.14 bits per heavy atom. The number of carbonyl (C=O) groups excluding carboxylic acids is 1. The van der Waals surface area contributed by atoms with Gasteiger partial charge in [0, 0.05) is 24.5 Å². The first-order valence-electron chi connectivity index (χ1n) is 8.47. The van der Waals surface area contributed by atoms with Gasteiger partial charge in [0.1, 0.15) is 17.2 Å². The summed E-state index contributed by atoms with van der Waals surface area (Å²) < 4.78 is 18.4. The van der Waals surface area contributed by atoms with Gasteiger partial charge in [-0.3, -0.25) is 4.79 Å². The van der Waals surface area contributed by atoms with Crippen LogP contribution in [0.25, 0.3) is 22.4 Å². The van der Waals surface area contributed by atoms with Gasteiger partial charge < -0.3 is 20.8 Å².